The van der Waals surface area contributed by atoms with Gasteiger partial charge in [-0.2, -0.15) is 0 Å². The average Bonchev–Trinajstić information content (AvgIpc) is 2.73. The van der Waals surface area contributed by atoms with Crippen LogP contribution in [-0.2, 0) is 6.42 Å². The van der Waals surface area contributed by atoms with Crippen LogP contribution < -0.4 is 10.5 Å². The van der Waals surface area contributed by atoms with Gasteiger partial charge >= 0.3 is 0 Å². The van der Waals surface area contributed by atoms with Gasteiger partial charge in [0, 0.05) is 5.38 Å². The fourth-order valence-corrected chi connectivity index (χ4v) is 2.67. The van der Waals surface area contributed by atoms with E-state index in [1.54, 1.807) is 7.11 Å². The van der Waals surface area contributed by atoms with Gasteiger partial charge < -0.3 is 10.5 Å². The number of thiazole rings is 1. The first-order chi connectivity index (χ1) is 9.01. The molecule has 2 aromatic rings. The first-order valence-electron chi connectivity index (χ1n) is 5.89. The molecule has 0 saturated heterocycles. The molecule has 0 aliphatic rings. The van der Waals surface area contributed by atoms with E-state index in [0.717, 1.165) is 11.1 Å². The molecule has 4 nitrogen and oxygen atoms in total. The zero-order valence-electron chi connectivity index (χ0n) is 11.2. The number of Topliss-reactive ketones (excluding diaryl/α,β-unsaturated/α-hetero) is 1. The Morgan fingerprint density at radius 1 is 1.42 bits per heavy atom. The van der Waals surface area contributed by atoms with E-state index in [1.165, 1.54) is 11.3 Å². The molecule has 100 valence electrons. The molecule has 1 aromatic heterocycles. The zero-order chi connectivity index (χ0) is 14.0. The number of rotatable bonds is 4. The fourth-order valence-electron chi connectivity index (χ4n) is 2.10. The Hall–Kier alpha value is -1.88. The molecule has 19 heavy (non-hydrogen) atoms. The fraction of sp³-hybridized carbons (Fsp3) is 0.286. The molecule has 0 fully saturated rings. The molecule has 0 saturated carbocycles. The number of ether oxygens (including phenoxy) is 1. The summed E-state index contributed by atoms with van der Waals surface area (Å²) >= 11 is 1.34. The van der Waals surface area contributed by atoms with Gasteiger partial charge in [-0.05, 0) is 31.0 Å². The van der Waals surface area contributed by atoms with Crippen molar-refractivity contribution < 1.29 is 9.53 Å². The summed E-state index contributed by atoms with van der Waals surface area (Å²) in [5, 5.41) is 2.29. The molecular formula is C14H16N2O2S. The van der Waals surface area contributed by atoms with E-state index in [9.17, 15) is 4.79 Å². The van der Waals surface area contributed by atoms with Crippen LogP contribution in [0, 0.1) is 13.8 Å². The second-order valence-corrected chi connectivity index (χ2v) is 5.33. The number of aromatic nitrogens is 1. The van der Waals surface area contributed by atoms with Crippen LogP contribution in [0.3, 0.4) is 0 Å². The SMILES string of the molecule is COc1cc(C)cc(C)c1C(=O)Cc1csc(N)n1. The molecule has 0 spiro atoms. The zero-order valence-corrected chi connectivity index (χ0v) is 12.0. The summed E-state index contributed by atoms with van der Waals surface area (Å²) in [4.78, 5) is 16.5. The third-order valence-electron chi connectivity index (χ3n) is 2.85. The normalized spacial score (nSPS) is 10.5. The van der Waals surface area contributed by atoms with E-state index >= 15 is 0 Å². The van der Waals surface area contributed by atoms with Gasteiger partial charge in [0.05, 0.1) is 24.8 Å². The molecule has 0 amide bonds. The van der Waals surface area contributed by atoms with Crippen molar-refractivity contribution in [3.63, 3.8) is 0 Å². The topological polar surface area (TPSA) is 65.2 Å². The summed E-state index contributed by atoms with van der Waals surface area (Å²) in [7, 11) is 1.58. The summed E-state index contributed by atoms with van der Waals surface area (Å²) in [5.74, 6) is 0.616. The summed E-state index contributed by atoms with van der Waals surface area (Å²) in [5.41, 5.74) is 8.89. The van der Waals surface area contributed by atoms with E-state index in [0.29, 0.717) is 22.1 Å². The predicted molar refractivity (Wildman–Crippen MR) is 77.0 cm³/mol. The lowest BCUT2D eigenvalue weighted by molar-refractivity contribution is 0.0988. The van der Waals surface area contributed by atoms with E-state index in [-0.39, 0.29) is 12.2 Å². The lowest BCUT2D eigenvalue weighted by atomic mass is 9.98. The molecule has 0 bridgehead atoms. The van der Waals surface area contributed by atoms with Gasteiger partial charge in [-0.25, -0.2) is 4.98 Å². The van der Waals surface area contributed by atoms with Gasteiger partial charge in [0.2, 0.25) is 0 Å². The first kappa shape index (κ1) is 13.5. The third-order valence-corrected chi connectivity index (χ3v) is 3.58. The highest BCUT2D eigenvalue weighted by Gasteiger charge is 2.17. The van der Waals surface area contributed by atoms with E-state index < -0.39 is 0 Å². The number of hydrogen-bond acceptors (Lipinski definition) is 5. The highest BCUT2D eigenvalue weighted by Crippen LogP contribution is 2.26. The minimum absolute atomic E-state index is 0.000324. The second-order valence-electron chi connectivity index (χ2n) is 4.44. The van der Waals surface area contributed by atoms with Gasteiger partial charge in [-0.1, -0.05) is 6.07 Å². The van der Waals surface area contributed by atoms with Gasteiger partial charge in [0.15, 0.2) is 10.9 Å². The number of nitrogen functional groups attached to an aromatic ring is 1. The molecule has 2 N–H and O–H groups in total. The maximum Gasteiger partial charge on any atom is 0.180 e. The van der Waals surface area contributed by atoms with Gasteiger partial charge in [-0.15, -0.1) is 11.3 Å². The minimum Gasteiger partial charge on any atom is -0.496 e. The van der Waals surface area contributed by atoms with Crippen LogP contribution in [-0.4, -0.2) is 17.9 Å². The monoisotopic (exact) mass is 276 g/mol. The van der Waals surface area contributed by atoms with E-state index in [2.05, 4.69) is 4.98 Å². The van der Waals surface area contributed by atoms with Crippen molar-refractivity contribution in [1.29, 1.82) is 0 Å². The van der Waals surface area contributed by atoms with Crippen LogP contribution in [0.15, 0.2) is 17.5 Å². The van der Waals surface area contributed by atoms with E-state index in [4.69, 9.17) is 10.5 Å². The van der Waals surface area contributed by atoms with Crippen LogP contribution in [0.25, 0.3) is 0 Å². The molecule has 0 aliphatic heterocycles. The highest BCUT2D eigenvalue weighted by atomic mass is 32.1. The number of nitrogens with zero attached hydrogens (tertiary/aromatic N) is 1. The summed E-state index contributed by atoms with van der Waals surface area (Å²) in [6, 6.07) is 3.85. The van der Waals surface area contributed by atoms with Crippen LogP contribution in [0.5, 0.6) is 5.75 Å². The van der Waals surface area contributed by atoms with Crippen molar-refractivity contribution in [2.45, 2.75) is 20.3 Å². The number of benzene rings is 1. The molecule has 0 aliphatic carbocycles. The lowest BCUT2D eigenvalue weighted by Gasteiger charge is -2.11. The Bertz CT molecular complexity index is 620. The molecule has 5 heteroatoms. The molecular weight excluding hydrogens is 260 g/mol. The Labute approximate surface area is 116 Å². The van der Waals surface area contributed by atoms with Crippen molar-refractivity contribution >= 4 is 22.3 Å². The van der Waals surface area contributed by atoms with Gasteiger partial charge in [0.25, 0.3) is 0 Å². The molecule has 0 atom stereocenters. The average molecular weight is 276 g/mol. The second kappa shape index (κ2) is 5.40. The minimum atomic E-state index is -0.000324. The maximum atomic E-state index is 12.4. The summed E-state index contributed by atoms with van der Waals surface area (Å²) in [6.07, 6.45) is 0.244. The Kier molecular flexibility index (Phi) is 3.85. The van der Waals surface area contributed by atoms with Crippen LogP contribution >= 0.6 is 11.3 Å². The lowest BCUT2D eigenvalue weighted by Crippen LogP contribution is -2.08. The molecule has 2 rings (SSSR count). The number of carbonyl (C=O) groups is 1. The van der Waals surface area contributed by atoms with Crippen molar-refractivity contribution in [3.05, 3.63) is 39.9 Å². The molecule has 0 radical (unpaired) electrons. The third kappa shape index (κ3) is 2.93. The van der Waals surface area contributed by atoms with Crippen LogP contribution in [0.4, 0.5) is 5.13 Å². The number of methoxy groups -OCH3 is 1. The number of aryl methyl sites for hydroxylation is 2. The Morgan fingerprint density at radius 2 is 2.16 bits per heavy atom. The Balaban J connectivity index is 2.33. The first-order valence-corrected chi connectivity index (χ1v) is 6.77. The number of nitrogens with two attached hydrogens (primary N) is 1. The standard InChI is InChI=1S/C14H16N2O2S/c1-8-4-9(2)13(12(5-8)18-3)11(17)6-10-7-19-14(15)16-10/h4-5,7H,6H2,1-3H3,(H2,15,16). The number of carbonyl (C=O) groups excluding carboxylic acids is 1. The van der Waals surface area contributed by atoms with Crippen molar-refractivity contribution in [1.82, 2.24) is 4.98 Å². The largest absolute Gasteiger partial charge is 0.496 e. The van der Waals surface area contributed by atoms with Crippen LogP contribution in [0.1, 0.15) is 27.2 Å². The highest BCUT2D eigenvalue weighted by molar-refractivity contribution is 7.13. The van der Waals surface area contributed by atoms with E-state index in [1.807, 2.05) is 31.4 Å². The quantitative estimate of drug-likeness (QED) is 0.872. The molecule has 1 heterocycles. The summed E-state index contributed by atoms with van der Waals surface area (Å²) in [6.45, 7) is 3.89. The molecule has 0 unspecified atom stereocenters. The smallest absolute Gasteiger partial charge is 0.180 e. The van der Waals surface area contributed by atoms with Gasteiger partial charge in [-0.3, -0.25) is 4.79 Å². The Morgan fingerprint density at radius 3 is 2.74 bits per heavy atom. The maximum absolute atomic E-state index is 12.4. The number of ketones is 1. The van der Waals surface area contributed by atoms with Crippen LogP contribution in [0.2, 0.25) is 0 Å². The van der Waals surface area contributed by atoms with Crippen molar-refractivity contribution in [3.8, 4) is 5.75 Å². The van der Waals surface area contributed by atoms with Gasteiger partial charge in [0.1, 0.15) is 5.75 Å². The molecule has 1 aromatic carbocycles. The van der Waals surface area contributed by atoms with Crippen molar-refractivity contribution in [2.24, 2.45) is 0 Å². The summed E-state index contributed by atoms with van der Waals surface area (Å²) < 4.78 is 5.31. The van der Waals surface area contributed by atoms with Crippen molar-refractivity contribution in [2.75, 3.05) is 12.8 Å². The predicted octanol–water partition coefficient (Wildman–Crippen LogP) is 2.78. The number of hydrogen-bond donors (Lipinski definition) is 1. The number of anilines is 1.